The van der Waals surface area contributed by atoms with Gasteiger partial charge in [-0.25, -0.2) is 4.39 Å². The minimum atomic E-state index is -1.06. The van der Waals surface area contributed by atoms with Crippen LogP contribution in [0.3, 0.4) is 0 Å². The number of hydrogen-bond donors (Lipinski definition) is 3. The van der Waals surface area contributed by atoms with Gasteiger partial charge in [0.1, 0.15) is 5.82 Å². The molecule has 198 valence electrons. The first kappa shape index (κ1) is 27.7. The summed E-state index contributed by atoms with van der Waals surface area (Å²) in [5, 5.41) is 6.68. The number of nitrogens with zero attached hydrogens (tertiary/aromatic N) is 3. The third-order valence-electron chi connectivity index (χ3n) is 7.15. The second-order valence-corrected chi connectivity index (χ2v) is 10.0. The highest BCUT2D eigenvalue weighted by Gasteiger charge is 2.21. The molecule has 2 heterocycles. The van der Waals surface area contributed by atoms with E-state index in [0.717, 1.165) is 69.3 Å². The van der Waals surface area contributed by atoms with Crippen molar-refractivity contribution in [3.05, 3.63) is 78.0 Å². The van der Waals surface area contributed by atoms with E-state index in [-0.39, 0.29) is 0 Å². The fraction of sp³-hybridized carbons (Fsp3) is 0.517. The topological polar surface area (TPSA) is 59.8 Å². The number of nitrogens with one attached hydrogen (secondary N) is 2. The quantitative estimate of drug-likeness (QED) is 0.265. The lowest BCUT2D eigenvalue weighted by molar-refractivity contribution is 0.0965. The second kappa shape index (κ2) is 13.4. The molecule has 36 heavy (non-hydrogen) atoms. The molecule has 0 aromatic heterocycles. The van der Waals surface area contributed by atoms with Crippen LogP contribution >= 0.6 is 0 Å². The molecular weight excluding hydrogens is 451 g/mol. The Labute approximate surface area is 217 Å². The lowest BCUT2D eigenvalue weighted by Crippen LogP contribution is -2.39. The molecule has 2 aliphatic heterocycles. The summed E-state index contributed by atoms with van der Waals surface area (Å²) in [6, 6.07) is 8.67. The summed E-state index contributed by atoms with van der Waals surface area (Å²) in [7, 11) is 1.83. The number of rotatable bonds is 14. The van der Waals surface area contributed by atoms with E-state index in [1.807, 2.05) is 20.0 Å². The number of nitrogens with two attached hydrogens (primary N) is 1. The number of piperidine rings is 1. The Balaban J connectivity index is 1.64. The number of likely N-dealkylation sites (tertiary alicyclic amines) is 1. The zero-order valence-electron chi connectivity index (χ0n) is 22.4. The summed E-state index contributed by atoms with van der Waals surface area (Å²) in [4.78, 5) is 6.30. The molecule has 2 aliphatic rings. The van der Waals surface area contributed by atoms with Crippen LogP contribution in [0.1, 0.15) is 44.2 Å². The van der Waals surface area contributed by atoms with Crippen LogP contribution in [0.4, 0.5) is 4.39 Å². The highest BCUT2D eigenvalue weighted by molar-refractivity contribution is 5.70. The Bertz CT molecular complexity index is 930. The van der Waals surface area contributed by atoms with Crippen LogP contribution in [0.2, 0.25) is 0 Å². The van der Waals surface area contributed by atoms with Crippen LogP contribution in [0.15, 0.2) is 66.9 Å². The fourth-order valence-corrected chi connectivity index (χ4v) is 4.74. The van der Waals surface area contributed by atoms with Gasteiger partial charge >= 0.3 is 0 Å². The average molecular weight is 497 g/mol. The monoisotopic (exact) mass is 496 g/mol. The first-order chi connectivity index (χ1) is 17.3. The van der Waals surface area contributed by atoms with Crippen LogP contribution in [0.5, 0.6) is 0 Å². The van der Waals surface area contributed by atoms with Crippen LogP contribution in [-0.2, 0) is 6.54 Å². The molecule has 1 fully saturated rings. The predicted octanol–water partition coefficient (Wildman–Crippen LogP) is 4.22. The molecule has 1 saturated heterocycles. The molecule has 1 unspecified atom stereocenters. The molecule has 0 aliphatic carbocycles. The van der Waals surface area contributed by atoms with E-state index < -0.39 is 6.30 Å². The van der Waals surface area contributed by atoms with Gasteiger partial charge in [-0.2, -0.15) is 0 Å². The normalized spacial score (nSPS) is 17.4. The van der Waals surface area contributed by atoms with Crippen molar-refractivity contribution in [2.45, 2.75) is 46.0 Å². The van der Waals surface area contributed by atoms with Gasteiger partial charge in [-0.1, -0.05) is 44.3 Å². The van der Waals surface area contributed by atoms with Crippen molar-refractivity contribution < 1.29 is 4.39 Å². The number of allylic oxidation sites excluding steroid dienone is 1. The summed E-state index contributed by atoms with van der Waals surface area (Å²) in [5.74, 6) is 1.43. The van der Waals surface area contributed by atoms with E-state index in [9.17, 15) is 4.39 Å². The van der Waals surface area contributed by atoms with Crippen molar-refractivity contribution in [3.63, 3.8) is 0 Å². The number of halogens is 1. The van der Waals surface area contributed by atoms with Crippen molar-refractivity contribution in [3.8, 4) is 0 Å². The summed E-state index contributed by atoms with van der Waals surface area (Å²) in [6.07, 6.45) is 5.66. The third-order valence-corrected chi connectivity index (χ3v) is 7.15. The molecule has 1 aromatic rings. The van der Waals surface area contributed by atoms with Crippen molar-refractivity contribution in [1.29, 1.82) is 0 Å². The van der Waals surface area contributed by atoms with Gasteiger partial charge in [0.15, 0.2) is 6.30 Å². The van der Waals surface area contributed by atoms with Gasteiger partial charge in [0, 0.05) is 63.4 Å². The Hall–Kier alpha value is -2.93. The van der Waals surface area contributed by atoms with Crippen LogP contribution < -0.4 is 16.4 Å². The zero-order valence-corrected chi connectivity index (χ0v) is 22.4. The minimum Gasteiger partial charge on any atom is -0.401 e. The van der Waals surface area contributed by atoms with Crippen LogP contribution in [-0.4, -0.2) is 67.3 Å². The fourth-order valence-electron chi connectivity index (χ4n) is 4.74. The Morgan fingerprint density at radius 2 is 1.92 bits per heavy atom. The molecule has 6 nitrogen and oxygen atoms in total. The SMILES string of the molecule is C=C(N)CN1CCC(CNC(=C)/C=C(/N(CC)Cc2ccc(C3=CNC3)cc2)N(C)C(F)CC)CC1. The summed E-state index contributed by atoms with van der Waals surface area (Å²) in [5.41, 5.74) is 11.1. The first-order valence-electron chi connectivity index (χ1n) is 13.2. The van der Waals surface area contributed by atoms with Gasteiger partial charge < -0.3 is 26.2 Å². The largest absolute Gasteiger partial charge is 0.401 e. The molecule has 3 rings (SSSR count). The second-order valence-electron chi connectivity index (χ2n) is 10.0. The summed E-state index contributed by atoms with van der Waals surface area (Å²) >= 11 is 0. The Morgan fingerprint density at radius 1 is 1.25 bits per heavy atom. The summed E-state index contributed by atoms with van der Waals surface area (Å²) in [6.45, 7) is 18.2. The lowest BCUT2D eigenvalue weighted by atomic mass is 9.96. The van der Waals surface area contributed by atoms with E-state index in [0.29, 0.717) is 18.9 Å². The Kier molecular flexibility index (Phi) is 10.3. The molecule has 0 bridgehead atoms. The molecular formula is C29H45FN6. The smallest absolute Gasteiger partial charge is 0.173 e. The number of alkyl halides is 1. The van der Waals surface area contributed by atoms with Gasteiger partial charge in [0.2, 0.25) is 0 Å². The lowest BCUT2D eigenvalue weighted by Gasteiger charge is -2.35. The van der Waals surface area contributed by atoms with Gasteiger partial charge in [0.25, 0.3) is 0 Å². The van der Waals surface area contributed by atoms with Gasteiger partial charge in [-0.05, 0) is 61.9 Å². The van der Waals surface area contributed by atoms with Crippen LogP contribution in [0.25, 0.3) is 5.57 Å². The molecule has 4 N–H and O–H groups in total. The summed E-state index contributed by atoms with van der Waals surface area (Å²) < 4.78 is 14.8. The van der Waals surface area contributed by atoms with E-state index in [1.54, 1.807) is 4.90 Å². The number of benzene rings is 1. The zero-order chi connectivity index (χ0) is 26.1. The minimum absolute atomic E-state index is 0.428. The first-order valence-corrected chi connectivity index (χ1v) is 13.2. The van der Waals surface area contributed by atoms with Gasteiger partial charge in [0.05, 0.1) is 0 Å². The molecule has 0 amide bonds. The maximum Gasteiger partial charge on any atom is 0.173 e. The molecule has 1 aromatic carbocycles. The molecule has 0 spiro atoms. The van der Waals surface area contributed by atoms with Gasteiger partial charge in [-0.3, -0.25) is 4.90 Å². The third kappa shape index (κ3) is 7.79. The van der Waals surface area contributed by atoms with Crippen molar-refractivity contribution in [2.24, 2.45) is 11.7 Å². The highest BCUT2D eigenvalue weighted by atomic mass is 19.1. The highest BCUT2D eigenvalue weighted by Crippen LogP contribution is 2.23. The predicted molar refractivity (Wildman–Crippen MR) is 149 cm³/mol. The maximum absolute atomic E-state index is 14.8. The average Bonchev–Trinajstić information content (AvgIpc) is 2.84. The van der Waals surface area contributed by atoms with Crippen LogP contribution in [0, 0.1) is 5.92 Å². The van der Waals surface area contributed by atoms with E-state index in [2.05, 4.69) is 71.0 Å². The standard InChI is InChI=1S/C29H45FN6/c1-6-28(30)34(5)29(16-23(4)33-17-24-12-14-35(15-13-24)20-22(3)31)36(7-2)21-25-8-10-26(11-9-25)27-18-32-19-27/h8-11,16,18,24,28,32-33H,3-4,6-7,12-15,17,19-21,31H2,1-2,5H3/b29-16+. The van der Waals surface area contributed by atoms with Crippen molar-refractivity contribution in [2.75, 3.05) is 46.3 Å². The Morgan fingerprint density at radius 3 is 2.44 bits per heavy atom. The molecule has 0 radical (unpaired) electrons. The van der Waals surface area contributed by atoms with E-state index >= 15 is 0 Å². The molecule has 0 saturated carbocycles. The maximum atomic E-state index is 14.8. The van der Waals surface area contributed by atoms with Crippen molar-refractivity contribution >= 4 is 5.57 Å². The van der Waals surface area contributed by atoms with Crippen molar-refractivity contribution in [1.82, 2.24) is 25.3 Å². The number of hydrogen-bond acceptors (Lipinski definition) is 6. The molecule has 7 heteroatoms. The molecule has 1 atom stereocenters. The van der Waals surface area contributed by atoms with E-state index in [1.165, 1.54) is 16.7 Å². The van der Waals surface area contributed by atoms with E-state index in [4.69, 9.17) is 5.73 Å². The van der Waals surface area contributed by atoms with Gasteiger partial charge in [-0.15, -0.1) is 0 Å².